The minimum atomic E-state index is 0.527. The minimum absolute atomic E-state index is 0.527. The molecule has 2 aromatic rings. The first-order valence-corrected chi connectivity index (χ1v) is 7.84. The van der Waals surface area contributed by atoms with Crippen LogP contribution in [0.4, 0.5) is 0 Å². The SMILES string of the molecule is NCc1ccc(Oc2ccc3c(c2)CCCC3)cc1Br. The molecule has 2 aromatic carbocycles. The van der Waals surface area contributed by atoms with Gasteiger partial charge >= 0.3 is 0 Å². The molecule has 2 nitrogen and oxygen atoms in total. The van der Waals surface area contributed by atoms with Crippen LogP contribution in [0.2, 0.25) is 0 Å². The van der Waals surface area contributed by atoms with Gasteiger partial charge in [0.15, 0.2) is 0 Å². The maximum Gasteiger partial charge on any atom is 0.128 e. The highest BCUT2D eigenvalue weighted by atomic mass is 79.9. The third-order valence-corrected chi connectivity index (χ3v) is 4.54. The van der Waals surface area contributed by atoms with Gasteiger partial charge in [-0.3, -0.25) is 0 Å². The number of halogens is 1. The highest BCUT2D eigenvalue weighted by Crippen LogP contribution is 2.30. The van der Waals surface area contributed by atoms with Crippen molar-refractivity contribution in [3.63, 3.8) is 0 Å². The van der Waals surface area contributed by atoms with Crippen molar-refractivity contribution in [2.75, 3.05) is 0 Å². The summed E-state index contributed by atoms with van der Waals surface area (Å²) in [7, 11) is 0. The highest BCUT2D eigenvalue weighted by Gasteiger charge is 2.10. The number of hydrogen-bond donors (Lipinski definition) is 1. The molecule has 0 spiro atoms. The van der Waals surface area contributed by atoms with Gasteiger partial charge in [-0.15, -0.1) is 0 Å². The number of fused-ring (bicyclic) bond motifs is 1. The van der Waals surface area contributed by atoms with Gasteiger partial charge in [-0.1, -0.05) is 28.1 Å². The van der Waals surface area contributed by atoms with Gasteiger partial charge < -0.3 is 10.5 Å². The van der Waals surface area contributed by atoms with Gasteiger partial charge in [0.1, 0.15) is 11.5 Å². The van der Waals surface area contributed by atoms with Gasteiger partial charge in [0, 0.05) is 11.0 Å². The Hall–Kier alpha value is -1.32. The predicted molar refractivity (Wildman–Crippen MR) is 85.2 cm³/mol. The third-order valence-electron chi connectivity index (χ3n) is 3.80. The second-order valence-electron chi connectivity index (χ2n) is 5.20. The van der Waals surface area contributed by atoms with Crippen LogP contribution >= 0.6 is 15.9 Å². The van der Waals surface area contributed by atoms with Crippen molar-refractivity contribution in [1.82, 2.24) is 0 Å². The molecule has 0 bridgehead atoms. The fourth-order valence-corrected chi connectivity index (χ4v) is 3.19. The van der Waals surface area contributed by atoms with E-state index in [9.17, 15) is 0 Å². The average Bonchev–Trinajstić information content (AvgIpc) is 2.47. The Morgan fingerprint density at radius 3 is 2.40 bits per heavy atom. The fraction of sp³-hybridized carbons (Fsp3) is 0.294. The second-order valence-corrected chi connectivity index (χ2v) is 6.05. The third kappa shape index (κ3) is 2.89. The normalized spacial score (nSPS) is 13.9. The van der Waals surface area contributed by atoms with Gasteiger partial charge in [0.25, 0.3) is 0 Å². The van der Waals surface area contributed by atoms with Gasteiger partial charge in [0.05, 0.1) is 0 Å². The van der Waals surface area contributed by atoms with Crippen LogP contribution in [0.25, 0.3) is 0 Å². The number of nitrogens with two attached hydrogens (primary N) is 1. The van der Waals surface area contributed by atoms with Crippen molar-refractivity contribution >= 4 is 15.9 Å². The van der Waals surface area contributed by atoms with Crippen LogP contribution < -0.4 is 10.5 Å². The first-order chi connectivity index (χ1) is 9.76. The zero-order chi connectivity index (χ0) is 13.9. The lowest BCUT2D eigenvalue weighted by Crippen LogP contribution is -2.02. The molecular weight excluding hydrogens is 314 g/mol. The largest absolute Gasteiger partial charge is 0.457 e. The van der Waals surface area contributed by atoms with Crippen LogP contribution in [-0.4, -0.2) is 0 Å². The minimum Gasteiger partial charge on any atom is -0.457 e. The monoisotopic (exact) mass is 331 g/mol. The van der Waals surface area contributed by atoms with Crippen LogP contribution in [0.5, 0.6) is 11.5 Å². The van der Waals surface area contributed by atoms with E-state index in [0.717, 1.165) is 21.5 Å². The molecule has 0 fully saturated rings. The maximum atomic E-state index is 5.95. The topological polar surface area (TPSA) is 35.2 Å². The molecule has 20 heavy (non-hydrogen) atoms. The molecule has 0 radical (unpaired) electrons. The summed E-state index contributed by atoms with van der Waals surface area (Å²) >= 11 is 3.52. The molecule has 0 atom stereocenters. The quantitative estimate of drug-likeness (QED) is 0.893. The summed E-state index contributed by atoms with van der Waals surface area (Å²) < 4.78 is 6.95. The molecule has 0 saturated heterocycles. The predicted octanol–water partition coefficient (Wildman–Crippen LogP) is 4.58. The van der Waals surface area contributed by atoms with Crippen molar-refractivity contribution in [2.45, 2.75) is 32.2 Å². The van der Waals surface area contributed by atoms with E-state index in [1.165, 1.54) is 36.8 Å². The van der Waals surface area contributed by atoms with Crippen molar-refractivity contribution in [3.05, 3.63) is 57.6 Å². The maximum absolute atomic E-state index is 5.95. The van der Waals surface area contributed by atoms with E-state index in [1.54, 1.807) is 0 Å². The Kier molecular flexibility index (Phi) is 4.08. The summed E-state index contributed by atoms with van der Waals surface area (Å²) in [6.07, 6.45) is 4.96. The van der Waals surface area contributed by atoms with E-state index in [1.807, 2.05) is 18.2 Å². The summed E-state index contributed by atoms with van der Waals surface area (Å²) in [6, 6.07) is 12.4. The molecule has 0 unspecified atom stereocenters. The van der Waals surface area contributed by atoms with E-state index >= 15 is 0 Å². The zero-order valence-electron chi connectivity index (χ0n) is 11.4. The first kappa shape index (κ1) is 13.7. The van der Waals surface area contributed by atoms with Crippen molar-refractivity contribution < 1.29 is 4.74 Å². The molecule has 0 saturated carbocycles. The Balaban J connectivity index is 1.82. The molecule has 0 aliphatic heterocycles. The summed E-state index contributed by atoms with van der Waals surface area (Å²) in [5.74, 6) is 1.75. The average molecular weight is 332 g/mol. The first-order valence-electron chi connectivity index (χ1n) is 7.04. The molecule has 0 aromatic heterocycles. The molecule has 104 valence electrons. The number of ether oxygens (including phenoxy) is 1. The van der Waals surface area contributed by atoms with Crippen molar-refractivity contribution in [3.8, 4) is 11.5 Å². The Bertz CT molecular complexity index is 624. The lowest BCUT2D eigenvalue weighted by Gasteiger charge is -2.17. The smallest absolute Gasteiger partial charge is 0.128 e. The molecule has 2 N–H and O–H groups in total. The second kappa shape index (κ2) is 5.98. The zero-order valence-corrected chi connectivity index (χ0v) is 12.9. The fourth-order valence-electron chi connectivity index (χ4n) is 2.67. The van der Waals surface area contributed by atoms with Crippen molar-refractivity contribution in [2.24, 2.45) is 5.73 Å². The van der Waals surface area contributed by atoms with E-state index in [2.05, 4.69) is 34.1 Å². The molecule has 0 heterocycles. The molecular formula is C17H18BrNO. The van der Waals surface area contributed by atoms with Crippen LogP contribution in [0.1, 0.15) is 29.5 Å². The number of rotatable bonds is 3. The van der Waals surface area contributed by atoms with Crippen LogP contribution in [0, 0.1) is 0 Å². The molecule has 0 amide bonds. The Morgan fingerprint density at radius 1 is 0.950 bits per heavy atom. The standard InChI is InChI=1S/C17H18BrNO/c18-17-10-16(8-6-14(17)11-19)20-15-7-5-12-3-1-2-4-13(12)9-15/h5-10H,1-4,11,19H2. The highest BCUT2D eigenvalue weighted by molar-refractivity contribution is 9.10. The number of benzene rings is 2. The van der Waals surface area contributed by atoms with Gasteiger partial charge in [0.2, 0.25) is 0 Å². The molecule has 1 aliphatic rings. The van der Waals surface area contributed by atoms with Gasteiger partial charge in [-0.25, -0.2) is 0 Å². The Morgan fingerprint density at radius 2 is 1.65 bits per heavy atom. The van der Waals surface area contributed by atoms with E-state index in [-0.39, 0.29) is 0 Å². The summed E-state index contributed by atoms with van der Waals surface area (Å²) in [5, 5.41) is 0. The van der Waals surface area contributed by atoms with E-state index in [4.69, 9.17) is 10.5 Å². The number of hydrogen-bond acceptors (Lipinski definition) is 2. The lowest BCUT2D eigenvalue weighted by molar-refractivity contribution is 0.480. The van der Waals surface area contributed by atoms with E-state index < -0.39 is 0 Å². The van der Waals surface area contributed by atoms with Crippen LogP contribution in [0.15, 0.2) is 40.9 Å². The molecule has 1 aliphatic carbocycles. The van der Waals surface area contributed by atoms with Crippen LogP contribution in [-0.2, 0) is 19.4 Å². The van der Waals surface area contributed by atoms with Gasteiger partial charge in [-0.05, 0) is 66.6 Å². The van der Waals surface area contributed by atoms with Crippen molar-refractivity contribution in [1.29, 1.82) is 0 Å². The van der Waals surface area contributed by atoms with Gasteiger partial charge in [-0.2, -0.15) is 0 Å². The lowest BCUT2D eigenvalue weighted by atomic mass is 9.92. The molecule has 3 rings (SSSR count). The summed E-state index contributed by atoms with van der Waals surface area (Å²) in [4.78, 5) is 0. The van der Waals surface area contributed by atoms with E-state index in [0.29, 0.717) is 6.54 Å². The Labute approximate surface area is 128 Å². The number of aryl methyl sites for hydroxylation is 2. The summed E-state index contributed by atoms with van der Waals surface area (Å²) in [6.45, 7) is 0.527. The molecule has 3 heteroatoms. The summed E-state index contributed by atoms with van der Waals surface area (Å²) in [5.41, 5.74) is 9.66. The van der Waals surface area contributed by atoms with Crippen LogP contribution in [0.3, 0.4) is 0 Å².